The van der Waals surface area contributed by atoms with Crippen LogP contribution in [0.4, 0.5) is 5.82 Å². The molecule has 1 fully saturated rings. The molecular weight excluding hydrogens is 420 g/mol. The monoisotopic (exact) mass is 448 g/mol. The van der Waals surface area contributed by atoms with E-state index in [4.69, 9.17) is 15.5 Å². The van der Waals surface area contributed by atoms with Crippen LogP contribution in [0.2, 0.25) is 0 Å². The van der Waals surface area contributed by atoms with E-state index >= 15 is 0 Å². The molecule has 1 aliphatic rings. The third-order valence-corrected chi connectivity index (χ3v) is 7.65. The second-order valence-corrected chi connectivity index (χ2v) is 9.36. The maximum absolute atomic E-state index is 6.32. The lowest BCUT2D eigenvalue weighted by molar-refractivity contribution is 0.0858. The van der Waals surface area contributed by atoms with Gasteiger partial charge in [-0.3, -0.25) is 4.68 Å². The Morgan fingerprint density at radius 1 is 1.19 bits per heavy atom. The van der Waals surface area contributed by atoms with Gasteiger partial charge in [-0.1, -0.05) is 12.1 Å². The SMILES string of the molecule is CNCc1nc(-c2cnc(N)c3cc(-c4cnn(C)c4C)ccc23)sc1C1CCOCC1. The smallest absolute Gasteiger partial charge is 0.131 e. The molecule has 4 aromatic rings. The van der Waals surface area contributed by atoms with E-state index in [-0.39, 0.29) is 0 Å². The lowest BCUT2D eigenvalue weighted by atomic mass is 9.97. The molecule has 0 saturated carbocycles. The molecule has 0 radical (unpaired) electrons. The fourth-order valence-corrected chi connectivity index (χ4v) is 5.71. The fraction of sp³-hybridized carbons (Fsp3) is 0.375. The predicted octanol–water partition coefficient (Wildman–Crippen LogP) is 4.26. The third-order valence-electron chi connectivity index (χ3n) is 6.36. The van der Waals surface area contributed by atoms with E-state index in [1.54, 1.807) is 11.3 Å². The molecule has 1 aromatic carbocycles. The number of anilines is 1. The van der Waals surface area contributed by atoms with E-state index in [0.29, 0.717) is 11.7 Å². The summed E-state index contributed by atoms with van der Waals surface area (Å²) < 4.78 is 7.46. The van der Waals surface area contributed by atoms with E-state index in [0.717, 1.165) is 76.5 Å². The summed E-state index contributed by atoms with van der Waals surface area (Å²) in [7, 11) is 3.92. The maximum Gasteiger partial charge on any atom is 0.131 e. The van der Waals surface area contributed by atoms with Gasteiger partial charge in [-0.05, 0) is 49.7 Å². The number of thiazole rings is 1. The minimum Gasteiger partial charge on any atom is -0.383 e. The van der Waals surface area contributed by atoms with Gasteiger partial charge in [-0.15, -0.1) is 11.3 Å². The minimum absolute atomic E-state index is 0.506. The highest BCUT2D eigenvalue weighted by molar-refractivity contribution is 7.15. The van der Waals surface area contributed by atoms with Crippen LogP contribution in [0, 0.1) is 6.92 Å². The lowest BCUT2D eigenvalue weighted by Crippen LogP contribution is -2.16. The first kappa shape index (κ1) is 21.1. The summed E-state index contributed by atoms with van der Waals surface area (Å²) in [5, 5.41) is 10.7. The second-order valence-electron chi connectivity index (χ2n) is 8.33. The number of nitrogens with two attached hydrogens (primary N) is 1. The summed E-state index contributed by atoms with van der Waals surface area (Å²) >= 11 is 1.79. The predicted molar refractivity (Wildman–Crippen MR) is 130 cm³/mol. The Bertz CT molecular complexity index is 1270. The first-order chi connectivity index (χ1) is 15.6. The Hall–Kier alpha value is -2.81. The van der Waals surface area contributed by atoms with Crippen molar-refractivity contribution in [1.82, 2.24) is 25.1 Å². The minimum atomic E-state index is 0.506. The topological polar surface area (TPSA) is 90.9 Å². The average molecular weight is 449 g/mol. The zero-order chi connectivity index (χ0) is 22.2. The Kier molecular flexibility index (Phi) is 5.67. The lowest BCUT2D eigenvalue weighted by Gasteiger charge is -2.21. The molecule has 0 spiro atoms. The summed E-state index contributed by atoms with van der Waals surface area (Å²) in [5.41, 5.74) is 11.8. The number of nitrogens with one attached hydrogen (secondary N) is 1. The van der Waals surface area contributed by atoms with Gasteiger partial charge < -0.3 is 15.8 Å². The van der Waals surface area contributed by atoms with Crippen LogP contribution in [0.5, 0.6) is 0 Å². The molecular formula is C24H28N6OS. The van der Waals surface area contributed by atoms with Gasteiger partial charge in [-0.25, -0.2) is 9.97 Å². The molecule has 0 atom stereocenters. The molecule has 32 heavy (non-hydrogen) atoms. The fourth-order valence-electron chi connectivity index (χ4n) is 4.44. The normalized spacial score (nSPS) is 15.0. The van der Waals surface area contributed by atoms with Crippen molar-refractivity contribution < 1.29 is 4.74 Å². The number of fused-ring (bicyclic) bond motifs is 1. The highest BCUT2D eigenvalue weighted by Crippen LogP contribution is 2.40. The van der Waals surface area contributed by atoms with Crippen molar-refractivity contribution in [2.45, 2.75) is 32.2 Å². The van der Waals surface area contributed by atoms with Gasteiger partial charge in [-0.2, -0.15) is 5.10 Å². The van der Waals surface area contributed by atoms with E-state index in [9.17, 15) is 0 Å². The van der Waals surface area contributed by atoms with Crippen molar-refractivity contribution in [3.63, 3.8) is 0 Å². The van der Waals surface area contributed by atoms with Gasteiger partial charge in [0.25, 0.3) is 0 Å². The summed E-state index contributed by atoms with van der Waals surface area (Å²) in [6.45, 7) is 4.47. The standard InChI is InChI=1S/C24H28N6OS/c1-14-19(12-28-30(14)3)16-4-5-17-18(10-16)23(25)27-11-20(17)24-29-21(13-26-2)22(32-24)15-6-8-31-9-7-15/h4-5,10-12,15,26H,6-9,13H2,1-3H3,(H2,25,27). The van der Waals surface area contributed by atoms with Crippen LogP contribution in [0.1, 0.15) is 35.0 Å². The van der Waals surface area contributed by atoms with Crippen LogP contribution in [0.3, 0.4) is 0 Å². The number of hydrogen-bond acceptors (Lipinski definition) is 7. The van der Waals surface area contributed by atoms with Gasteiger partial charge >= 0.3 is 0 Å². The number of hydrogen-bond donors (Lipinski definition) is 2. The molecule has 0 unspecified atom stereocenters. The molecule has 7 nitrogen and oxygen atoms in total. The number of nitrogens with zero attached hydrogens (tertiary/aromatic N) is 4. The number of pyridine rings is 1. The van der Waals surface area contributed by atoms with Crippen LogP contribution < -0.4 is 11.1 Å². The molecule has 1 saturated heterocycles. The molecule has 3 N–H and O–H groups in total. The Morgan fingerprint density at radius 3 is 2.72 bits per heavy atom. The van der Waals surface area contributed by atoms with Gasteiger partial charge in [0.15, 0.2) is 0 Å². The largest absolute Gasteiger partial charge is 0.383 e. The Labute approximate surface area is 191 Å². The number of aryl methyl sites for hydroxylation is 1. The molecule has 3 aromatic heterocycles. The average Bonchev–Trinajstić information content (AvgIpc) is 3.38. The molecule has 5 rings (SSSR count). The Morgan fingerprint density at radius 2 is 2.00 bits per heavy atom. The van der Waals surface area contributed by atoms with Gasteiger partial charge in [0.05, 0.1) is 11.9 Å². The number of nitrogen functional groups attached to an aromatic ring is 1. The van der Waals surface area contributed by atoms with Crippen LogP contribution in [-0.4, -0.2) is 40.0 Å². The van der Waals surface area contributed by atoms with Crippen molar-refractivity contribution in [3.05, 3.63) is 46.9 Å². The van der Waals surface area contributed by atoms with E-state index in [1.165, 1.54) is 4.88 Å². The summed E-state index contributed by atoms with van der Waals surface area (Å²) in [4.78, 5) is 10.9. The molecule has 1 aliphatic heterocycles. The van der Waals surface area contributed by atoms with Gasteiger partial charge in [0.2, 0.25) is 0 Å². The number of benzene rings is 1. The van der Waals surface area contributed by atoms with Crippen LogP contribution in [0.15, 0.2) is 30.6 Å². The zero-order valence-corrected chi connectivity index (χ0v) is 19.5. The van der Waals surface area contributed by atoms with Crippen LogP contribution >= 0.6 is 11.3 Å². The first-order valence-corrected chi connectivity index (χ1v) is 11.8. The van der Waals surface area contributed by atoms with Gasteiger partial charge in [0, 0.05) is 60.1 Å². The highest BCUT2D eigenvalue weighted by Gasteiger charge is 2.24. The summed E-state index contributed by atoms with van der Waals surface area (Å²) in [6.07, 6.45) is 5.86. The summed E-state index contributed by atoms with van der Waals surface area (Å²) in [6, 6.07) is 6.39. The Balaban J connectivity index is 1.61. The van der Waals surface area contributed by atoms with Crippen molar-refractivity contribution >= 4 is 27.9 Å². The third kappa shape index (κ3) is 3.68. The van der Waals surface area contributed by atoms with E-state index < -0.39 is 0 Å². The number of rotatable bonds is 5. The first-order valence-electron chi connectivity index (χ1n) is 11.0. The molecule has 0 amide bonds. The van der Waals surface area contributed by atoms with E-state index in [2.05, 4.69) is 40.5 Å². The van der Waals surface area contributed by atoms with Crippen LogP contribution in [0.25, 0.3) is 32.5 Å². The second kappa shape index (κ2) is 8.61. The van der Waals surface area contributed by atoms with Gasteiger partial charge in [0.1, 0.15) is 10.8 Å². The number of aromatic nitrogens is 4. The van der Waals surface area contributed by atoms with Crippen molar-refractivity contribution in [2.24, 2.45) is 7.05 Å². The van der Waals surface area contributed by atoms with Crippen molar-refractivity contribution in [3.8, 4) is 21.7 Å². The summed E-state index contributed by atoms with van der Waals surface area (Å²) in [5.74, 6) is 1.04. The molecule has 0 aliphatic carbocycles. The zero-order valence-electron chi connectivity index (χ0n) is 18.7. The van der Waals surface area contributed by atoms with Crippen molar-refractivity contribution in [2.75, 3.05) is 26.0 Å². The molecule has 0 bridgehead atoms. The number of ether oxygens (including phenoxy) is 1. The quantitative estimate of drug-likeness (QED) is 0.474. The highest BCUT2D eigenvalue weighted by atomic mass is 32.1. The maximum atomic E-state index is 6.32. The van der Waals surface area contributed by atoms with Crippen molar-refractivity contribution in [1.29, 1.82) is 0 Å². The molecule has 8 heteroatoms. The van der Waals surface area contributed by atoms with Crippen LogP contribution in [-0.2, 0) is 18.3 Å². The van der Waals surface area contributed by atoms with E-state index in [1.807, 2.05) is 31.2 Å². The molecule has 166 valence electrons. The molecule has 4 heterocycles.